The van der Waals surface area contributed by atoms with Gasteiger partial charge >= 0.3 is 0 Å². The molecule has 1 aliphatic rings. The van der Waals surface area contributed by atoms with Crippen LogP contribution in [0, 0.1) is 0 Å². The molecule has 1 aliphatic heterocycles. The van der Waals surface area contributed by atoms with Gasteiger partial charge in [-0.3, -0.25) is 0 Å². The van der Waals surface area contributed by atoms with E-state index >= 15 is 0 Å². The van der Waals surface area contributed by atoms with Crippen molar-refractivity contribution in [1.82, 2.24) is 0 Å². The van der Waals surface area contributed by atoms with Gasteiger partial charge in [0.1, 0.15) is 9.84 Å². The Hall–Kier alpha value is -0.130. The summed E-state index contributed by atoms with van der Waals surface area (Å²) >= 11 is 0. The van der Waals surface area contributed by atoms with Gasteiger partial charge in [-0.15, -0.1) is 0 Å². The van der Waals surface area contributed by atoms with Gasteiger partial charge in [0.2, 0.25) is 0 Å². The van der Waals surface area contributed by atoms with Crippen LogP contribution in [-0.2, 0) is 14.6 Å². The fourth-order valence-electron chi connectivity index (χ4n) is 1.79. The van der Waals surface area contributed by atoms with E-state index in [1.165, 1.54) is 6.26 Å². The molecule has 1 saturated heterocycles. The van der Waals surface area contributed by atoms with Crippen LogP contribution in [-0.4, -0.2) is 38.7 Å². The van der Waals surface area contributed by atoms with Crippen LogP contribution in [0.2, 0.25) is 0 Å². The quantitative estimate of drug-likeness (QED) is 0.742. The molecule has 0 aromatic carbocycles. The van der Waals surface area contributed by atoms with Crippen molar-refractivity contribution in [2.24, 2.45) is 5.73 Å². The molecule has 4 nitrogen and oxygen atoms in total. The van der Waals surface area contributed by atoms with E-state index < -0.39 is 9.84 Å². The molecule has 1 fully saturated rings. The smallest absolute Gasteiger partial charge is 0.147 e. The third-order valence-electron chi connectivity index (χ3n) is 2.90. The lowest BCUT2D eigenvalue weighted by atomic mass is 9.88. The molecule has 0 radical (unpaired) electrons. The minimum absolute atomic E-state index is 0.0436. The van der Waals surface area contributed by atoms with Crippen molar-refractivity contribution in [2.45, 2.75) is 37.8 Å². The molecule has 2 unspecified atom stereocenters. The number of nitrogens with two attached hydrogens (primary N) is 1. The number of sulfone groups is 1. The zero-order chi connectivity index (χ0) is 10.8. The van der Waals surface area contributed by atoms with E-state index in [0.29, 0.717) is 13.0 Å². The zero-order valence-corrected chi connectivity index (χ0v) is 9.64. The largest absolute Gasteiger partial charge is 0.377 e. The first-order valence-electron chi connectivity index (χ1n) is 4.92. The van der Waals surface area contributed by atoms with Crippen molar-refractivity contribution in [3.05, 3.63) is 0 Å². The molecular weight excluding hydrogens is 202 g/mol. The molecule has 0 aromatic rings. The fraction of sp³-hybridized carbons (Fsp3) is 1.00. The molecule has 0 saturated carbocycles. The van der Waals surface area contributed by atoms with Crippen LogP contribution in [0.4, 0.5) is 0 Å². The Labute approximate surface area is 85.7 Å². The van der Waals surface area contributed by atoms with Crippen molar-refractivity contribution in [3.8, 4) is 0 Å². The minimum Gasteiger partial charge on any atom is -0.377 e. The molecule has 0 spiro atoms. The first-order chi connectivity index (χ1) is 6.33. The predicted octanol–water partition coefficient (Wildman–Crippen LogP) is 0.317. The monoisotopic (exact) mass is 221 g/mol. The molecule has 1 rings (SSSR count). The number of hydrogen-bond donors (Lipinski definition) is 1. The highest BCUT2D eigenvalue weighted by atomic mass is 32.2. The molecule has 0 aliphatic carbocycles. The summed E-state index contributed by atoms with van der Waals surface area (Å²) in [5, 5.41) is 0. The summed E-state index contributed by atoms with van der Waals surface area (Å²) in [4.78, 5) is 0. The Morgan fingerprint density at radius 3 is 2.64 bits per heavy atom. The molecular formula is C9H19NO3S. The first-order valence-corrected chi connectivity index (χ1v) is 6.98. The lowest BCUT2D eigenvalue weighted by Crippen LogP contribution is -2.46. The van der Waals surface area contributed by atoms with Crippen molar-refractivity contribution in [1.29, 1.82) is 0 Å². The molecule has 2 atom stereocenters. The lowest BCUT2D eigenvalue weighted by Gasteiger charge is -2.27. The summed E-state index contributed by atoms with van der Waals surface area (Å²) in [6.07, 6.45) is 3.48. The van der Waals surface area contributed by atoms with E-state index in [1.54, 1.807) is 0 Å². The second kappa shape index (κ2) is 4.16. The van der Waals surface area contributed by atoms with Crippen LogP contribution in [0.15, 0.2) is 0 Å². The van der Waals surface area contributed by atoms with Gasteiger partial charge in [-0.1, -0.05) is 0 Å². The number of hydrogen-bond acceptors (Lipinski definition) is 4. The summed E-state index contributed by atoms with van der Waals surface area (Å²) in [6, 6.07) is 0. The highest BCUT2D eigenvalue weighted by molar-refractivity contribution is 7.90. The maximum atomic E-state index is 10.9. The van der Waals surface area contributed by atoms with E-state index in [0.717, 1.165) is 12.8 Å². The van der Waals surface area contributed by atoms with E-state index in [-0.39, 0.29) is 17.4 Å². The van der Waals surface area contributed by atoms with E-state index in [9.17, 15) is 8.42 Å². The van der Waals surface area contributed by atoms with Gasteiger partial charge < -0.3 is 10.5 Å². The minimum atomic E-state index is -2.86. The zero-order valence-electron chi connectivity index (χ0n) is 8.82. The van der Waals surface area contributed by atoms with Crippen LogP contribution in [0.1, 0.15) is 26.2 Å². The molecule has 0 bridgehead atoms. The predicted molar refractivity (Wildman–Crippen MR) is 55.9 cm³/mol. The van der Waals surface area contributed by atoms with Crippen molar-refractivity contribution >= 4 is 9.84 Å². The molecule has 5 heteroatoms. The Morgan fingerprint density at radius 1 is 1.57 bits per heavy atom. The van der Waals surface area contributed by atoms with Gasteiger partial charge in [0.25, 0.3) is 0 Å². The Kier molecular flexibility index (Phi) is 3.55. The van der Waals surface area contributed by atoms with Gasteiger partial charge in [-0.25, -0.2) is 8.42 Å². The van der Waals surface area contributed by atoms with Crippen LogP contribution in [0.3, 0.4) is 0 Å². The van der Waals surface area contributed by atoms with Crippen LogP contribution in [0.5, 0.6) is 0 Å². The summed E-state index contributed by atoms with van der Waals surface area (Å²) < 4.78 is 27.2. The standard InChI is InChI=1S/C9H19NO3S/c1-8-9(10,5-6-13-8)4-3-7-14(2,11)12/h8H,3-7,10H2,1-2H3. The van der Waals surface area contributed by atoms with Gasteiger partial charge in [-0.05, 0) is 26.2 Å². The van der Waals surface area contributed by atoms with Gasteiger partial charge in [-0.2, -0.15) is 0 Å². The third kappa shape index (κ3) is 3.22. The topological polar surface area (TPSA) is 69.4 Å². The van der Waals surface area contributed by atoms with E-state index in [1.807, 2.05) is 6.92 Å². The second-order valence-corrected chi connectivity index (χ2v) is 6.49. The average Bonchev–Trinajstić information content (AvgIpc) is 2.30. The number of ether oxygens (including phenoxy) is 1. The molecule has 1 heterocycles. The SMILES string of the molecule is CC1OCCC1(N)CCCS(C)(=O)=O. The fourth-order valence-corrected chi connectivity index (χ4v) is 2.46. The van der Waals surface area contributed by atoms with Gasteiger partial charge in [0.15, 0.2) is 0 Å². The summed E-state index contributed by atoms with van der Waals surface area (Å²) in [5.74, 6) is 0.221. The molecule has 84 valence electrons. The van der Waals surface area contributed by atoms with E-state index in [2.05, 4.69) is 0 Å². The molecule has 14 heavy (non-hydrogen) atoms. The number of rotatable bonds is 4. The van der Waals surface area contributed by atoms with Crippen LogP contribution in [0.25, 0.3) is 0 Å². The Balaban J connectivity index is 2.37. The van der Waals surface area contributed by atoms with Crippen LogP contribution < -0.4 is 5.73 Å². The van der Waals surface area contributed by atoms with Gasteiger partial charge in [0, 0.05) is 24.2 Å². The van der Waals surface area contributed by atoms with E-state index in [4.69, 9.17) is 10.5 Å². The third-order valence-corrected chi connectivity index (χ3v) is 3.93. The summed E-state index contributed by atoms with van der Waals surface area (Å²) in [6.45, 7) is 2.64. The maximum Gasteiger partial charge on any atom is 0.147 e. The van der Waals surface area contributed by atoms with Crippen molar-refractivity contribution in [3.63, 3.8) is 0 Å². The molecule has 0 amide bonds. The first kappa shape index (κ1) is 11.9. The Morgan fingerprint density at radius 2 is 2.21 bits per heavy atom. The Bertz CT molecular complexity index is 288. The highest BCUT2D eigenvalue weighted by Gasteiger charge is 2.37. The van der Waals surface area contributed by atoms with Crippen LogP contribution >= 0.6 is 0 Å². The maximum absolute atomic E-state index is 10.9. The van der Waals surface area contributed by atoms with Gasteiger partial charge in [0.05, 0.1) is 6.10 Å². The highest BCUT2D eigenvalue weighted by Crippen LogP contribution is 2.27. The second-order valence-electron chi connectivity index (χ2n) is 4.23. The molecule has 2 N–H and O–H groups in total. The normalized spacial score (nSPS) is 33.5. The summed E-state index contributed by atoms with van der Waals surface area (Å²) in [7, 11) is -2.86. The van der Waals surface area contributed by atoms with Crippen molar-refractivity contribution < 1.29 is 13.2 Å². The lowest BCUT2D eigenvalue weighted by molar-refractivity contribution is 0.0927. The molecule has 0 aromatic heterocycles. The van der Waals surface area contributed by atoms with Crippen molar-refractivity contribution in [2.75, 3.05) is 18.6 Å². The summed E-state index contributed by atoms with van der Waals surface area (Å²) in [5.41, 5.74) is 5.80. The average molecular weight is 221 g/mol.